The summed E-state index contributed by atoms with van der Waals surface area (Å²) < 4.78 is 6.09. The summed E-state index contributed by atoms with van der Waals surface area (Å²) in [6.45, 7) is 2.39. The molecule has 2 aliphatic heterocycles. The number of carboxylic acids is 1. The van der Waals surface area contributed by atoms with Gasteiger partial charge in [-0.2, -0.15) is 0 Å². The summed E-state index contributed by atoms with van der Waals surface area (Å²) in [5.41, 5.74) is 2.29. The summed E-state index contributed by atoms with van der Waals surface area (Å²) in [4.78, 5) is 22.3. The molecule has 1 spiro atoms. The Balaban J connectivity index is 0.000000221. The van der Waals surface area contributed by atoms with Gasteiger partial charge in [-0.3, -0.25) is 4.79 Å². The van der Waals surface area contributed by atoms with Crippen molar-refractivity contribution in [2.75, 3.05) is 13.6 Å². The number of phenolic OH excluding ortho intramolecular Hbond substituents is 1. The lowest BCUT2D eigenvalue weighted by molar-refractivity contribution is -0.138. The number of likely N-dealkylation sites (N-methyl/N-ethyl adjacent to an activating group) is 1. The lowest BCUT2D eigenvalue weighted by atomic mass is 9.53. The smallest absolute Gasteiger partial charge is 0.303 e. The van der Waals surface area contributed by atoms with Crippen LogP contribution in [0.4, 0.5) is 0 Å². The molecule has 7 nitrogen and oxygen atoms in total. The number of carboxylic acid groups (broad SMARTS) is 1. The molecule has 1 aromatic rings. The highest BCUT2D eigenvalue weighted by molar-refractivity contribution is 5.80. The molecule has 2 aliphatic carbocycles. The van der Waals surface area contributed by atoms with Gasteiger partial charge in [0.2, 0.25) is 0 Å². The predicted molar refractivity (Wildman–Crippen MR) is 105 cm³/mol. The molecular formula is C22H27NO6. The second kappa shape index (κ2) is 7.15. The number of rotatable bonds is 3. The van der Waals surface area contributed by atoms with Gasteiger partial charge in [-0.05, 0) is 45.0 Å². The zero-order valence-electron chi connectivity index (χ0n) is 16.7. The first-order valence-corrected chi connectivity index (χ1v) is 10.1. The topological polar surface area (TPSA) is 107 Å². The number of hydrogen-bond donors (Lipinski definition) is 3. The van der Waals surface area contributed by atoms with Crippen molar-refractivity contribution in [2.45, 2.75) is 56.3 Å². The van der Waals surface area contributed by atoms with Crippen LogP contribution in [-0.4, -0.2) is 63.8 Å². The van der Waals surface area contributed by atoms with Gasteiger partial charge < -0.3 is 29.8 Å². The van der Waals surface area contributed by atoms with Crippen LogP contribution in [0, 0.1) is 5.92 Å². The zero-order chi connectivity index (χ0) is 20.9. The van der Waals surface area contributed by atoms with Crippen molar-refractivity contribution in [1.82, 2.24) is 4.90 Å². The Kier molecular flexibility index (Phi) is 4.91. The minimum Gasteiger partial charge on any atom is -0.504 e. The monoisotopic (exact) mass is 401 g/mol. The number of hydrogen-bond acceptors (Lipinski definition) is 6. The van der Waals surface area contributed by atoms with Crippen molar-refractivity contribution < 1.29 is 29.6 Å². The predicted octanol–water partition coefficient (Wildman–Crippen LogP) is 1.64. The molecule has 0 aromatic heterocycles. The molecule has 2 bridgehead atoms. The lowest BCUT2D eigenvalue weighted by Gasteiger charge is -2.56. The van der Waals surface area contributed by atoms with Gasteiger partial charge in [0.25, 0.3) is 0 Å². The summed E-state index contributed by atoms with van der Waals surface area (Å²) in [6, 6.07) is 4.23. The Morgan fingerprint density at radius 2 is 2.03 bits per heavy atom. The number of aliphatic hydroxyl groups excluding tert-OH is 1. The number of carbonyl (C=O) groups is 2. The molecule has 1 fully saturated rings. The van der Waals surface area contributed by atoms with E-state index < -0.39 is 12.1 Å². The molecule has 0 radical (unpaired) electrons. The fourth-order valence-corrected chi connectivity index (χ4v) is 5.52. The number of phenols is 1. The number of benzene rings is 1. The largest absolute Gasteiger partial charge is 0.504 e. The van der Waals surface area contributed by atoms with E-state index in [2.05, 4.69) is 18.0 Å². The van der Waals surface area contributed by atoms with E-state index in [9.17, 15) is 19.8 Å². The maximum absolute atomic E-state index is 10.4. The molecule has 0 unspecified atom stereocenters. The SMILES string of the molecule is CC(=O)CCC(=O)O.CN1CC[C@]23c4c5ccc(O)c4O[C@H]2[C@@H](O)C=C[C@H]3[C@H]1C5. The van der Waals surface area contributed by atoms with E-state index in [4.69, 9.17) is 9.84 Å². The number of aromatic hydroxyl groups is 1. The van der Waals surface area contributed by atoms with Crippen LogP contribution in [0.5, 0.6) is 11.5 Å². The molecule has 3 N–H and O–H groups in total. The van der Waals surface area contributed by atoms with Crippen LogP contribution in [0.3, 0.4) is 0 Å². The summed E-state index contributed by atoms with van der Waals surface area (Å²) >= 11 is 0. The van der Waals surface area contributed by atoms with Gasteiger partial charge in [-0.15, -0.1) is 0 Å². The van der Waals surface area contributed by atoms with Crippen molar-refractivity contribution >= 4 is 11.8 Å². The third-order valence-electron chi connectivity index (χ3n) is 6.84. The normalized spacial score (nSPS) is 33.2. The fraction of sp³-hybridized carbons (Fsp3) is 0.545. The van der Waals surface area contributed by atoms with Crippen molar-refractivity contribution in [3.05, 3.63) is 35.4 Å². The van der Waals surface area contributed by atoms with Gasteiger partial charge in [0.15, 0.2) is 11.5 Å². The number of aliphatic carboxylic acids is 1. The van der Waals surface area contributed by atoms with Gasteiger partial charge in [-0.1, -0.05) is 18.2 Å². The van der Waals surface area contributed by atoms with E-state index >= 15 is 0 Å². The standard InChI is InChI=1S/C17H19NO3.C5H8O3/c1-18-7-6-17-10-3-5-13(20)16(17)21-15-12(19)4-2-9(14(15)17)8-11(10)18;1-4(6)2-3-5(7)8/h2-5,10-11,13,16,19-20H,6-8H2,1H3;2-3H2,1H3,(H,7,8)/t10-,11+,13-,16-,17-;/m0./s1. The van der Waals surface area contributed by atoms with Gasteiger partial charge in [0, 0.05) is 29.4 Å². The molecule has 2 heterocycles. The van der Waals surface area contributed by atoms with E-state index in [1.807, 2.05) is 12.1 Å². The molecule has 5 atom stereocenters. The van der Waals surface area contributed by atoms with Gasteiger partial charge in [0.05, 0.1) is 6.42 Å². The van der Waals surface area contributed by atoms with E-state index in [1.165, 1.54) is 18.1 Å². The second-order valence-corrected chi connectivity index (χ2v) is 8.53. The molecule has 0 amide bonds. The number of Topliss-reactive ketones (excluding diaryl/α,β-unsaturated/α-hetero) is 1. The minimum atomic E-state index is -0.916. The maximum Gasteiger partial charge on any atom is 0.303 e. The zero-order valence-corrected chi connectivity index (χ0v) is 16.7. The summed E-state index contributed by atoms with van der Waals surface area (Å²) in [7, 11) is 2.19. The van der Waals surface area contributed by atoms with E-state index in [-0.39, 0.29) is 35.9 Å². The molecule has 29 heavy (non-hydrogen) atoms. The Hall–Kier alpha value is -2.38. The first-order chi connectivity index (χ1) is 13.8. The van der Waals surface area contributed by atoms with E-state index in [0.29, 0.717) is 17.7 Å². The fourth-order valence-electron chi connectivity index (χ4n) is 5.52. The Labute approximate surface area is 169 Å². The molecule has 0 saturated carbocycles. The summed E-state index contributed by atoms with van der Waals surface area (Å²) in [6.07, 6.45) is 5.28. The van der Waals surface area contributed by atoms with Crippen LogP contribution in [0.1, 0.15) is 37.3 Å². The first kappa shape index (κ1) is 19.9. The van der Waals surface area contributed by atoms with E-state index in [0.717, 1.165) is 19.4 Å². The molecular weight excluding hydrogens is 374 g/mol. The maximum atomic E-state index is 10.4. The highest BCUT2D eigenvalue weighted by Gasteiger charge is 2.64. The minimum absolute atomic E-state index is 0.0463. The van der Waals surface area contributed by atoms with Crippen LogP contribution in [0.15, 0.2) is 24.3 Å². The van der Waals surface area contributed by atoms with Crippen LogP contribution < -0.4 is 4.74 Å². The van der Waals surface area contributed by atoms with Gasteiger partial charge >= 0.3 is 5.97 Å². The number of ether oxygens (including phenoxy) is 1. The third-order valence-corrected chi connectivity index (χ3v) is 6.84. The quantitative estimate of drug-likeness (QED) is 0.661. The van der Waals surface area contributed by atoms with E-state index in [1.54, 1.807) is 6.07 Å². The molecule has 1 saturated heterocycles. The highest BCUT2D eigenvalue weighted by atomic mass is 16.5. The number of aliphatic hydroxyl groups is 1. The lowest BCUT2D eigenvalue weighted by Crippen LogP contribution is -2.64. The Bertz CT molecular complexity index is 866. The second-order valence-electron chi connectivity index (χ2n) is 8.53. The Morgan fingerprint density at radius 3 is 2.69 bits per heavy atom. The van der Waals surface area contributed by atoms with Crippen molar-refractivity contribution in [2.24, 2.45) is 5.92 Å². The van der Waals surface area contributed by atoms with Crippen LogP contribution in [-0.2, 0) is 21.4 Å². The molecule has 4 aliphatic rings. The highest BCUT2D eigenvalue weighted by Crippen LogP contribution is 2.62. The number of ketones is 1. The number of likely N-dealkylation sites (tertiary alicyclic amines) is 1. The van der Waals surface area contributed by atoms with Gasteiger partial charge in [0.1, 0.15) is 18.0 Å². The number of carbonyl (C=O) groups excluding carboxylic acids is 1. The van der Waals surface area contributed by atoms with Crippen LogP contribution in [0.2, 0.25) is 0 Å². The van der Waals surface area contributed by atoms with Crippen LogP contribution in [0.25, 0.3) is 0 Å². The van der Waals surface area contributed by atoms with Gasteiger partial charge in [-0.25, -0.2) is 0 Å². The molecule has 7 heteroatoms. The first-order valence-electron chi connectivity index (χ1n) is 10.1. The molecule has 1 aromatic carbocycles. The average molecular weight is 401 g/mol. The van der Waals surface area contributed by atoms with Crippen molar-refractivity contribution in [1.29, 1.82) is 0 Å². The summed E-state index contributed by atoms with van der Waals surface area (Å²) in [5.74, 6) is 0.196. The summed E-state index contributed by atoms with van der Waals surface area (Å²) in [5, 5.41) is 28.7. The van der Waals surface area contributed by atoms with Crippen LogP contribution >= 0.6 is 0 Å². The number of piperidine rings is 1. The van der Waals surface area contributed by atoms with Crippen molar-refractivity contribution in [3.8, 4) is 11.5 Å². The molecule has 5 rings (SSSR count). The Morgan fingerprint density at radius 1 is 1.28 bits per heavy atom. The van der Waals surface area contributed by atoms with Crippen molar-refractivity contribution in [3.63, 3.8) is 0 Å². The molecule has 156 valence electrons. The number of nitrogens with zero attached hydrogens (tertiary/aromatic N) is 1. The average Bonchev–Trinajstić information content (AvgIpc) is 3.03. The third kappa shape index (κ3) is 3.04.